The molecule has 5 heteroatoms. The van der Waals surface area contributed by atoms with Gasteiger partial charge in [0.05, 0.1) is 6.20 Å². The van der Waals surface area contributed by atoms with Crippen molar-refractivity contribution in [3.63, 3.8) is 0 Å². The van der Waals surface area contributed by atoms with E-state index in [1.807, 2.05) is 0 Å². The Kier molecular flexibility index (Phi) is 6.17. The monoisotopic (exact) mass is 239 g/mol. The standard InChI is InChI=1S/C12H18FN3O/c13-10-5-6-11(16-9-10)12(17)15-8-4-2-1-3-7-14/h5-6,9H,1-4,7-8,14H2,(H,15,17). The second-order valence-electron chi connectivity index (χ2n) is 3.82. The van der Waals surface area contributed by atoms with Crippen molar-refractivity contribution in [2.75, 3.05) is 13.1 Å². The van der Waals surface area contributed by atoms with Crippen LogP contribution < -0.4 is 11.1 Å². The summed E-state index contributed by atoms with van der Waals surface area (Å²) in [5.74, 6) is -0.702. The minimum atomic E-state index is -0.441. The third kappa shape index (κ3) is 5.40. The van der Waals surface area contributed by atoms with Crippen LogP contribution in [0.3, 0.4) is 0 Å². The van der Waals surface area contributed by atoms with Crippen molar-refractivity contribution >= 4 is 5.91 Å². The number of carbonyl (C=O) groups is 1. The first-order valence-electron chi connectivity index (χ1n) is 5.84. The second-order valence-corrected chi connectivity index (χ2v) is 3.82. The largest absolute Gasteiger partial charge is 0.351 e. The Balaban J connectivity index is 2.19. The molecule has 94 valence electrons. The summed E-state index contributed by atoms with van der Waals surface area (Å²) >= 11 is 0. The molecule has 0 aliphatic rings. The molecule has 0 bridgehead atoms. The molecule has 1 aromatic heterocycles. The normalized spacial score (nSPS) is 10.2. The van der Waals surface area contributed by atoms with Crippen molar-refractivity contribution in [2.45, 2.75) is 25.7 Å². The molecule has 4 nitrogen and oxygen atoms in total. The lowest BCUT2D eigenvalue weighted by atomic mass is 10.2. The van der Waals surface area contributed by atoms with E-state index in [0.717, 1.165) is 31.9 Å². The summed E-state index contributed by atoms with van der Waals surface area (Å²) in [7, 11) is 0. The molecule has 0 spiro atoms. The highest BCUT2D eigenvalue weighted by atomic mass is 19.1. The molecule has 0 saturated carbocycles. The third-order valence-electron chi connectivity index (χ3n) is 2.38. The quantitative estimate of drug-likeness (QED) is 0.708. The summed E-state index contributed by atoms with van der Waals surface area (Å²) in [6.45, 7) is 1.33. The lowest BCUT2D eigenvalue weighted by Crippen LogP contribution is -2.25. The minimum Gasteiger partial charge on any atom is -0.351 e. The lowest BCUT2D eigenvalue weighted by molar-refractivity contribution is 0.0948. The van der Waals surface area contributed by atoms with Crippen LogP contribution in [0.2, 0.25) is 0 Å². The van der Waals surface area contributed by atoms with E-state index in [9.17, 15) is 9.18 Å². The highest BCUT2D eigenvalue weighted by Crippen LogP contribution is 1.99. The van der Waals surface area contributed by atoms with E-state index in [2.05, 4.69) is 10.3 Å². The maximum Gasteiger partial charge on any atom is 0.269 e. The molecule has 0 fully saturated rings. The number of hydrogen-bond donors (Lipinski definition) is 2. The first-order chi connectivity index (χ1) is 8.24. The fourth-order valence-electron chi connectivity index (χ4n) is 1.43. The maximum atomic E-state index is 12.6. The van der Waals surface area contributed by atoms with E-state index in [4.69, 9.17) is 5.73 Å². The predicted octanol–water partition coefficient (Wildman–Crippen LogP) is 1.47. The number of nitrogens with two attached hydrogens (primary N) is 1. The number of pyridine rings is 1. The Morgan fingerprint density at radius 2 is 2.06 bits per heavy atom. The van der Waals surface area contributed by atoms with Gasteiger partial charge in [-0.25, -0.2) is 9.37 Å². The van der Waals surface area contributed by atoms with E-state index in [-0.39, 0.29) is 11.6 Å². The average molecular weight is 239 g/mol. The molecule has 1 aromatic rings. The van der Waals surface area contributed by atoms with Gasteiger partial charge >= 0.3 is 0 Å². The number of hydrogen-bond acceptors (Lipinski definition) is 3. The molecule has 0 unspecified atom stereocenters. The van der Waals surface area contributed by atoms with E-state index in [0.29, 0.717) is 13.1 Å². The van der Waals surface area contributed by atoms with Gasteiger partial charge in [-0.05, 0) is 31.5 Å². The Morgan fingerprint density at radius 3 is 2.71 bits per heavy atom. The van der Waals surface area contributed by atoms with Gasteiger partial charge in [0.2, 0.25) is 0 Å². The summed E-state index contributed by atoms with van der Waals surface area (Å²) in [4.78, 5) is 15.2. The molecule has 1 amide bonds. The summed E-state index contributed by atoms with van der Waals surface area (Å²) in [6.07, 6.45) is 5.12. The molecule has 0 radical (unpaired) electrons. The molecule has 17 heavy (non-hydrogen) atoms. The van der Waals surface area contributed by atoms with Gasteiger partial charge in [-0.2, -0.15) is 0 Å². The van der Waals surface area contributed by atoms with Crippen LogP contribution in [0.15, 0.2) is 18.3 Å². The van der Waals surface area contributed by atoms with Crippen molar-refractivity contribution in [1.29, 1.82) is 0 Å². The fourth-order valence-corrected chi connectivity index (χ4v) is 1.43. The predicted molar refractivity (Wildman–Crippen MR) is 64.1 cm³/mol. The molecule has 0 atom stereocenters. The number of halogens is 1. The van der Waals surface area contributed by atoms with Gasteiger partial charge in [0, 0.05) is 6.54 Å². The maximum absolute atomic E-state index is 12.6. The molecule has 0 aliphatic heterocycles. The SMILES string of the molecule is NCCCCCCNC(=O)c1ccc(F)cn1. The Labute approximate surface area is 100 Å². The zero-order valence-corrected chi connectivity index (χ0v) is 9.79. The van der Waals surface area contributed by atoms with Crippen LogP contribution >= 0.6 is 0 Å². The average Bonchev–Trinajstić information content (AvgIpc) is 2.34. The highest BCUT2D eigenvalue weighted by Gasteiger charge is 2.05. The van der Waals surface area contributed by atoms with E-state index >= 15 is 0 Å². The number of carbonyl (C=O) groups excluding carboxylic acids is 1. The molecule has 0 aliphatic carbocycles. The zero-order chi connectivity index (χ0) is 12.5. The topological polar surface area (TPSA) is 68.0 Å². The van der Waals surface area contributed by atoms with Crippen molar-refractivity contribution in [2.24, 2.45) is 5.73 Å². The van der Waals surface area contributed by atoms with Crippen LogP contribution in [0.5, 0.6) is 0 Å². The second kappa shape index (κ2) is 7.73. The number of amides is 1. The van der Waals surface area contributed by atoms with Crippen LogP contribution in [0, 0.1) is 5.82 Å². The van der Waals surface area contributed by atoms with Crippen molar-refractivity contribution in [3.8, 4) is 0 Å². The first-order valence-corrected chi connectivity index (χ1v) is 5.84. The summed E-state index contributed by atoms with van der Waals surface area (Å²) in [6, 6.07) is 2.60. The molecule has 1 rings (SSSR count). The highest BCUT2D eigenvalue weighted by molar-refractivity contribution is 5.92. The van der Waals surface area contributed by atoms with E-state index in [1.54, 1.807) is 0 Å². The van der Waals surface area contributed by atoms with Gasteiger partial charge in [0.15, 0.2) is 0 Å². The van der Waals surface area contributed by atoms with Crippen LogP contribution in [-0.4, -0.2) is 24.0 Å². The Bertz CT molecular complexity index is 340. The van der Waals surface area contributed by atoms with E-state index in [1.165, 1.54) is 12.1 Å². The van der Waals surface area contributed by atoms with Crippen LogP contribution in [0.25, 0.3) is 0 Å². The van der Waals surface area contributed by atoms with Crippen LogP contribution in [0.1, 0.15) is 36.2 Å². The zero-order valence-electron chi connectivity index (χ0n) is 9.79. The molecule has 1 heterocycles. The minimum absolute atomic E-state index is 0.244. The van der Waals surface area contributed by atoms with Crippen molar-refractivity contribution in [1.82, 2.24) is 10.3 Å². The molecule has 0 saturated heterocycles. The van der Waals surface area contributed by atoms with E-state index < -0.39 is 5.82 Å². The van der Waals surface area contributed by atoms with Crippen molar-refractivity contribution in [3.05, 3.63) is 29.8 Å². The van der Waals surface area contributed by atoms with Gasteiger partial charge in [0.1, 0.15) is 11.5 Å². The van der Waals surface area contributed by atoms with Crippen LogP contribution in [-0.2, 0) is 0 Å². The van der Waals surface area contributed by atoms with Gasteiger partial charge in [-0.15, -0.1) is 0 Å². The molecule has 3 N–H and O–H groups in total. The number of rotatable bonds is 7. The molecular formula is C12H18FN3O. The Hall–Kier alpha value is -1.49. The number of nitrogens with zero attached hydrogens (tertiary/aromatic N) is 1. The van der Waals surface area contributed by atoms with Gasteiger partial charge in [-0.1, -0.05) is 12.8 Å². The summed E-state index contributed by atoms with van der Waals surface area (Å²) < 4.78 is 12.6. The lowest BCUT2D eigenvalue weighted by Gasteiger charge is -2.04. The van der Waals surface area contributed by atoms with Gasteiger partial charge in [-0.3, -0.25) is 4.79 Å². The fraction of sp³-hybridized carbons (Fsp3) is 0.500. The Morgan fingerprint density at radius 1 is 1.29 bits per heavy atom. The molecular weight excluding hydrogens is 221 g/mol. The summed E-state index contributed by atoms with van der Waals surface area (Å²) in [5.41, 5.74) is 5.61. The first kappa shape index (κ1) is 13.6. The van der Waals surface area contributed by atoms with Crippen molar-refractivity contribution < 1.29 is 9.18 Å². The third-order valence-corrected chi connectivity index (χ3v) is 2.38. The summed E-state index contributed by atoms with van der Waals surface area (Å²) in [5, 5.41) is 2.74. The smallest absolute Gasteiger partial charge is 0.269 e. The van der Waals surface area contributed by atoms with Crippen LogP contribution in [0.4, 0.5) is 4.39 Å². The number of unbranched alkanes of at least 4 members (excludes halogenated alkanes) is 3. The van der Waals surface area contributed by atoms with Gasteiger partial charge < -0.3 is 11.1 Å². The number of nitrogens with one attached hydrogen (secondary N) is 1. The van der Waals surface area contributed by atoms with Gasteiger partial charge in [0.25, 0.3) is 5.91 Å². The number of aromatic nitrogens is 1. The molecule has 0 aromatic carbocycles.